The van der Waals surface area contributed by atoms with Gasteiger partial charge in [0.25, 0.3) is 0 Å². The molecule has 1 aromatic heterocycles. The highest BCUT2D eigenvalue weighted by Gasteiger charge is 2.12. The van der Waals surface area contributed by atoms with Gasteiger partial charge in [-0.1, -0.05) is 30.3 Å². The number of methoxy groups -OCH3 is 1. The standard InChI is InChI=1S/C19H20FN3O2/c1-25-13-19(24)21-11-10-18-22-16-8-4-5-9-17(16)23(18)12-14-6-2-3-7-15(14)20/h2-9H,10-13H2,1H3,(H,21,24). The molecule has 0 saturated heterocycles. The van der Waals surface area contributed by atoms with E-state index in [4.69, 9.17) is 4.74 Å². The highest BCUT2D eigenvalue weighted by molar-refractivity contribution is 5.77. The van der Waals surface area contributed by atoms with E-state index in [1.165, 1.54) is 13.2 Å². The predicted molar refractivity (Wildman–Crippen MR) is 93.8 cm³/mol. The number of nitrogens with zero attached hydrogens (tertiary/aromatic N) is 2. The quantitative estimate of drug-likeness (QED) is 0.718. The van der Waals surface area contributed by atoms with Gasteiger partial charge in [0.2, 0.25) is 5.91 Å². The third-order valence-corrected chi connectivity index (χ3v) is 3.97. The number of fused-ring (bicyclic) bond motifs is 1. The second-order valence-corrected chi connectivity index (χ2v) is 5.73. The van der Waals surface area contributed by atoms with E-state index < -0.39 is 0 Å². The number of carbonyl (C=O) groups excluding carboxylic acids is 1. The van der Waals surface area contributed by atoms with Crippen LogP contribution in [-0.4, -0.2) is 35.7 Å². The number of hydrogen-bond donors (Lipinski definition) is 1. The summed E-state index contributed by atoms with van der Waals surface area (Å²) in [7, 11) is 1.48. The maximum absolute atomic E-state index is 14.1. The molecule has 6 heteroatoms. The van der Waals surface area contributed by atoms with Gasteiger partial charge in [-0.2, -0.15) is 0 Å². The monoisotopic (exact) mass is 341 g/mol. The number of hydrogen-bond acceptors (Lipinski definition) is 3. The van der Waals surface area contributed by atoms with Crippen LogP contribution in [0.2, 0.25) is 0 Å². The third kappa shape index (κ3) is 4.03. The molecule has 25 heavy (non-hydrogen) atoms. The Bertz CT molecular complexity index is 876. The van der Waals surface area contributed by atoms with Crippen LogP contribution in [-0.2, 0) is 22.5 Å². The van der Waals surface area contributed by atoms with Crippen molar-refractivity contribution in [1.82, 2.24) is 14.9 Å². The van der Waals surface area contributed by atoms with Gasteiger partial charge in [-0.25, -0.2) is 9.37 Å². The van der Waals surface area contributed by atoms with Crippen LogP contribution in [0.3, 0.4) is 0 Å². The molecule has 1 N–H and O–H groups in total. The molecule has 5 nitrogen and oxygen atoms in total. The van der Waals surface area contributed by atoms with E-state index in [1.807, 2.05) is 34.9 Å². The lowest BCUT2D eigenvalue weighted by molar-refractivity contribution is -0.124. The summed E-state index contributed by atoms with van der Waals surface area (Å²) in [5.74, 6) is 0.404. The summed E-state index contributed by atoms with van der Waals surface area (Å²) in [5, 5.41) is 2.79. The van der Waals surface area contributed by atoms with Crippen LogP contribution in [0, 0.1) is 5.82 Å². The number of nitrogens with one attached hydrogen (secondary N) is 1. The van der Waals surface area contributed by atoms with E-state index in [0.717, 1.165) is 16.9 Å². The van der Waals surface area contributed by atoms with Crippen molar-refractivity contribution < 1.29 is 13.9 Å². The molecule has 0 spiro atoms. The number of ether oxygens (including phenoxy) is 1. The average Bonchev–Trinajstić information content (AvgIpc) is 2.95. The van der Waals surface area contributed by atoms with Crippen LogP contribution in [0.25, 0.3) is 11.0 Å². The number of rotatable bonds is 7. The first kappa shape index (κ1) is 17.1. The van der Waals surface area contributed by atoms with Crippen molar-refractivity contribution in [3.05, 3.63) is 65.7 Å². The van der Waals surface area contributed by atoms with Gasteiger partial charge in [0.15, 0.2) is 0 Å². The summed E-state index contributed by atoms with van der Waals surface area (Å²) in [4.78, 5) is 16.2. The van der Waals surface area contributed by atoms with E-state index in [9.17, 15) is 9.18 Å². The predicted octanol–water partition coefficient (Wildman–Crippen LogP) is 2.53. The number of amides is 1. The Hall–Kier alpha value is -2.73. The number of para-hydroxylation sites is 2. The Morgan fingerprint density at radius 3 is 2.76 bits per heavy atom. The molecule has 0 unspecified atom stereocenters. The summed E-state index contributed by atoms with van der Waals surface area (Å²) in [6, 6.07) is 14.5. The molecular weight excluding hydrogens is 321 g/mol. The van der Waals surface area contributed by atoms with E-state index in [-0.39, 0.29) is 18.3 Å². The molecule has 0 fully saturated rings. The SMILES string of the molecule is COCC(=O)NCCc1nc2ccccc2n1Cc1ccccc1F. The number of aromatic nitrogens is 2. The Morgan fingerprint density at radius 1 is 1.20 bits per heavy atom. The largest absolute Gasteiger partial charge is 0.375 e. The Kier molecular flexibility index (Phi) is 5.40. The number of carbonyl (C=O) groups is 1. The minimum Gasteiger partial charge on any atom is -0.375 e. The number of imidazole rings is 1. The van der Waals surface area contributed by atoms with E-state index in [1.54, 1.807) is 12.1 Å². The van der Waals surface area contributed by atoms with E-state index in [2.05, 4.69) is 10.3 Å². The molecule has 0 bridgehead atoms. The lowest BCUT2D eigenvalue weighted by Crippen LogP contribution is -2.29. The van der Waals surface area contributed by atoms with Gasteiger partial charge in [-0.3, -0.25) is 4.79 Å². The van der Waals surface area contributed by atoms with Crippen molar-refractivity contribution in [2.24, 2.45) is 0 Å². The van der Waals surface area contributed by atoms with Crippen LogP contribution in [0.4, 0.5) is 4.39 Å². The topological polar surface area (TPSA) is 56.1 Å². The van der Waals surface area contributed by atoms with Crippen molar-refractivity contribution in [3.63, 3.8) is 0 Å². The van der Waals surface area contributed by atoms with Crippen molar-refractivity contribution in [2.75, 3.05) is 20.3 Å². The zero-order valence-electron chi connectivity index (χ0n) is 14.0. The molecule has 0 radical (unpaired) electrons. The smallest absolute Gasteiger partial charge is 0.245 e. The molecule has 0 atom stereocenters. The highest BCUT2D eigenvalue weighted by Crippen LogP contribution is 2.19. The maximum Gasteiger partial charge on any atom is 0.245 e. The van der Waals surface area contributed by atoms with Crippen molar-refractivity contribution >= 4 is 16.9 Å². The van der Waals surface area contributed by atoms with Gasteiger partial charge in [-0.05, 0) is 18.2 Å². The van der Waals surface area contributed by atoms with Gasteiger partial charge < -0.3 is 14.6 Å². The van der Waals surface area contributed by atoms with Gasteiger partial charge >= 0.3 is 0 Å². The van der Waals surface area contributed by atoms with Crippen molar-refractivity contribution in [2.45, 2.75) is 13.0 Å². The first-order chi connectivity index (χ1) is 12.2. The Morgan fingerprint density at radius 2 is 1.96 bits per heavy atom. The number of benzene rings is 2. The number of halogens is 1. The minimum absolute atomic E-state index is 0.0334. The lowest BCUT2D eigenvalue weighted by atomic mass is 10.2. The van der Waals surface area contributed by atoms with Crippen LogP contribution >= 0.6 is 0 Å². The molecule has 0 aliphatic rings. The van der Waals surface area contributed by atoms with Crippen LogP contribution in [0.1, 0.15) is 11.4 Å². The Labute approximate surface area is 145 Å². The van der Waals surface area contributed by atoms with Crippen LogP contribution in [0.5, 0.6) is 0 Å². The fraction of sp³-hybridized carbons (Fsp3) is 0.263. The first-order valence-corrected chi connectivity index (χ1v) is 8.12. The molecule has 1 heterocycles. The van der Waals surface area contributed by atoms with Gasteiger partial charge in [0.05, 0.1) is 17.6 Å². The molecular formula is C19H20FN3O2. The molecule has 130 valence electrons. The third-order valence-electron chi connectivity index (χ3n) is 3.97. The van der Waals surface area contributed by atoms with E-state index in [0.29, 0.717) is 25.1 Å². The van der Waals surface area contributed by atoms with E-state index >= 15 is 0 Å². The molecule has 0 saturated carbocycles. The fourth-order valence-electron chi connectivity index (χ4n) is 2.79. The Balaban J connectivity index is 1.85. The fourth-order valence-corrected chi connectivity index (χ4v) is 2.79. The van der Waals surface area contributed by atoms with Crippen molar-refractivity contribution in [1.29, 1.82) is 0 Å². The maximum atomic E-state index is 14.1. The normalized spacial score (nSPS) is 11.0. The van der Waals surface area contributed by atoms with Gasteiger partial charge in [0, 0.05) is 25.6 Å². The van der Waals surface area contributed by atoms with Crippen molar-refractivity contribution in [3.8, 4) is 0 Å². The average molecular weight is 341 g/mol. The van der Waals surface area contributed by atoms with Gasteiger partial charge in [-0.15, -0.1) is 0 Å². The summed E-state index contributed by atoms with van der Waals surface area (Å²) < 4.78 is 20.8. The zero-order valence-corrected chi connectivity index (χ0v) is 14.0. The second kappa shape index (κ2) is 7.90. The molecule has 2 aromatic carbocycles. The zero-order chi connectivity index (χ0) is 17.6. The van der Waals surface area contributed by atoms with Crippen LogP contribution < -0.4 is 5.32 Å². The van der Waals surface area contributed by atoms with Crippen LogP contribution in [0.15, 0.2) is 48.5 Å². The molecule has 3 aromatic rings. The minimum atomic E-state index is -0.236. The first-order valence-electron chi connectivity index (χ1n) is 8.12. The summed E-state index contributed by atoms with van der Waals surface area (Å²) >= 11 is 0. The lowest BCUT2D eigenvalue weighted by Gasteiger charge is -2.11. The summed E-state index contributed by atoms with van der Waals surface area (Å²) in [6.45, 7) is 0.878. The highest BCUT2D eigenvalue weighted by atomic mass is 19.1. The molecule has 0 aliphatic carbocycles. The molecule has 1 amide bonds. The summed E-state index contributed by atoms with van der Waals surface area (Å²) in [6.07, 6.45) is 0.554. The summed E-state index contributed by atoms with van der Waals surface area (Å²) in [5.41, 5.74) is 2.41. The molecule has 3 rings (SSSR count). The molecule has 0 aliphatic heterocycles. The second-order valence-electron chi connectivity index (χ2n) is 5.73. The van der Waals surface area contributed by atoms with Gasteiger partial charge in [0.1, 0.15) is 18.2 Å².